The van der Waals surface area contributed by atoms with Gasteiger partial charge >= 0.3 is 5.82 Å². The Labute approximate surface area is 136 Å². The molecule has 0 aliphatic carbocycles. The maximum atomic E-state index is 11.5. The van der Waals surface area contributed by atoms with Crippen LogP contribution in [0.15, 0.2) is 35.8 Å². The van der Waals surface area contributed by atoms with Gasteiger partial charge in [-0.2, -0.15) is 9.38 Å². The molecule has 3 rings (SSSR count). The summed E-state index contributed by atoms with van der Waals surface area (Å²) in [5.41, 5.74) is 0.714. The number of nitro groups is 1. The third-order valence-corrected chi connectivity index (χ3v) is 4.29. The van der Waals surface area contributed by atoms with Gasteiger partial charge in [-0.25, -0.2) is 0 Å². The highest BCUT2D eigenvalue weighted by Crippen LogP contribution is 2.32. The monoisotopic (exact) mass is 332 g/mol. The molecule has 0 radical (unpaired) electrons. The van der Waals surface area contributed by atoms with Gasteiger partial charge in [-0.05, 0) is 17.4 Å². The number of nitrogens with zero attached hydrogens (tertiary/aromatic N) is 4. The van der Waals surface area contributed by atoms with Crippen LogP contribution in [0.3, 0.4) is 0 Å². The minimum atomic E-state index is -0.407. The summed E-state index contributed by atoms with van der Waals surface area (Å²) in [4.78, 5) is 17.9. The number of benzene rings is 1. The summed E-state index contributed by atoms with van der Waals surface area (Å²) in [5, 5.41) is 23.2. The van der Waals surface area contributed by atoms with Crippen LogP contribution in [0.2, 0.25) is 0 Å². The molecule has 8 heteroatoms. The van der Waals surface area contributed by atoms with E-state index in [1.165, 1.54) is 15.7 Å². The Bertz CT molecular complexity index is 842. The van der Waals surface area contributed by atoms with Crippen molar-refractivity contribution >= 4 is 27.9 Å². The molecule has 0 bridgehead atoms. The maximum Gasteiger partial charge on any atom is 0.373 e. The molecule has 0 spiro atoms. The van der Waals surface area contributed by atoms with Crippen molar-refractivity contribution in [2.75, 3.05) is 11.4 Å². The van der Waals surface area contributed by atoms with Gasteiger partial charge in [0.25, 0.3) is 4.96 Å². The Kier molecular flexibility index (Phi) is 4.16. The summed E-state index contributed by atoms with van der Waals surface area (Å²) in [5.74, 6) is 0.481. The SMILES string of the molecule is CCCN(Cc1ccccc1O)c1nc2sccn2c1[N+](=O)[O-]. The molecular formula is C15H16N4O3S. The molecular weight excluding hydrogens is 316 g/mol. The van der Waals surface area contributed by atoms with Crippen molar-refractivity contribution in [3.05, 3.63) is 51.5 Å². The van der Waals surface area contributed by atoms with Gasteiger partial charge in [0.2, 0.25) is 5.82 Å². The van der Waals surface area contributed by atoms with Crippen molar-refractivity contribution < 1.29 is 10.0 Å². The molecule has 0 aliphatic heterocycles. The van der Waals surface area contributed by atoms with Crippen LogP contribution in [0.5, 0.6) is 5.75 Å². The Morgan fingerprint density at radius 2 is 2.22 bits per heavy atom. The van der Waals surface area contributed by atoms with Gasteiger partial charge in [-0.1, -0.05) is 36.5 Å². The summed E-state index contributed by atoms with van der Waals surface area (Å²) in [7, 11) is 0. The molecule has 0 aliphatic rings. The standard InChI is InChI=1S/C15H16N4O3S/c1-2-7-17(10-11-5-3-4-6-12(11)20)13-14(19(21)22)18-8-9-23-15(18)16-13/h3-6,8-9,20H,2,7,10H2,1H3. The lowest BCUT2D eigenvalue weighted by Crippen LogP contribution is -2.24. The number of hydrogen-bond acceptors (Lipinski definition) is 6. The quantitative estimate of drug-likeness (QED) is 0.552. The van der Waals surface area contributed by atoms with Crippen LogP contribution >= 0.6 is 11.3 Å². The predicted molar refractivity (Wildman–Crippen MR) is 89.2 cm³/mol. The number of anilines is 1. The van der Waals surface area contributed by atoms with E-state index in [2.05, 4.69) is 4.98 Å². The number of phenols is 1. The van der Waals surface area contributed by atoms with E-state index in [0.717, 1.165) is 6.42 Å². The Hall–Kier alpha value is -2.61. The minimum absolute atomic E-state index is 0.0369. The lowest BCUT2D eigenvalue weighted by atomic mass is 10.2. The summed E-state index contributed by atoms with van der Waals surface area (Å²) in [6, 6.07) is 7.00. The second kappa shape index (κ2) is 6.25. The first kappa shape index (κ1) is 15.3. The van der Waals surface area contributed by atoms with Crippen LogP contribution < -0.4 is 4.90 Å². The van der Waals surface area contributed by atoms with Crippen molar-refractivity contribution in [1.82, 2.24) is 9.38 Å². The number of phenolic OH excluding ortho intramolecular Hbond substituents is 1. The number of hydrogen-bond donors (Lipinski definition) is 1. The molecule has 7 nitrogen and oxygen atoms in total. The molecule has 1 N–H and O–H groups in total. The van der Waals surface area contributed by atoms with Gasteiger partial charge in [-0.3, -0.25) is 0 Å². The van der Waals surface area contributed by atoms with E-state index in [-0.39, 0.29) is 11.6 Å². The molecule has 120 valence electrons. The third-order valence-electron chi connectivity index (χ3n) is 3.54. The van der Waals surface area contributed by atoms with E-state index < -0.39 is 4.92 Å². The maximum absolute atomic E-state index is 11.5. The Morgan fingerprint density at radius 1 is 1.43 bits per heavy atom. The highest BCUT2D eigenvalue weighted by molar-refractivity contribution is 7.15. The summed E-state index contributed by atoms with van der Waals surface area (Å²) < 4.78 is 1.49. The average molecular weight is 332 g/mol. The van der Waals surface area contributed by atoms with Crippen LogP contribution in [0, 0.1) is 10.1 Å². The molecule has 1 aromatic carbocycles. The zero-order chi connectivity index (χ0) is 16.4. The smallest absolute Gasteiger partial charge is 0.373 e. The number of rotatable bonds is 6. The number of aromatic hydroxyl groups is 1. The highest BCUT2D eigenvalue weighted by atomic mass is 32.1. The van der Waals surface area contributed by atoms with Gasteiger partial charge in [0.1, 0.15) is 11.9 Å². The molecule has 0 amide bonds. The third kappa shape index (κ3) is 2.85. The summed E-state index contributed by atoms with van der Waals surface area (Å²) in [6.07, 6.45) is 2.47. The lowest BCUT2D eigenvalue weighted by Gasteiger charge is -2.21. The minimum Gasteiger partial charge on any atom is -0.508 e. The highest BCUT2D eigenvalue weighted by Gasteiger charge is 2.28. The van der Waals surface area contributed by atoms with E-state index in [0.29, 0.717) is 29.4 Å². The molecule has 23 heavy (non-hydrogen) atoms. The van der Waals surface area contributed by atoms with Crippen LogP contribution in [0.4, 0.5) is 11.6 Å². The first-order valence-electron chi connectivity index (χ1n) is 7.23. The van der Waals surface area contributed by atoms with Crippen LogP contribution in [-0.4, -0.2) is 26.0 Å². The first-order chi connectivity index (χ1) is 11.1. The molecule has 2 aromatic heterocycles. The number of aromatic nitrogens is 2. The topological polar surface area (TPSA) is 83.9 Å². The molecule has 0 atom stereocenters. The Balaban J connectivity index is 2.04. The van der Waals surface area contributed by atoms with Crippen molar-refractivity contribution in [3.8, 4) is 5.75 Å². The number of fused-ring (bicyclic) bond motifs is 1. The van der Waals surface area contributed by atoms with E-state index in [9.17, 15) is 15.2 Å². The predicted octanol–water partition coefficient (Wildman–Crippen LogP) is 3.43. The number of imidazole rings is 1. The zero-order valence-electron chi connectivity index (χ0n) is 12.5. The van der Waals surface area contributed by atoms with E-state index >= 15 is 0 Å². The number of thiazole rings is 1. The van der Waals surface area contributed by atoms with Gasteiger partial charge < -0.3 is 20.1 Å². The molecule has 0 fully saturated rings. The molecule has 2 heterocycles. The first-order valence-corrected chi connectivity index (χ1v) is 8.11. The Morgan fingerprint density at radius 3 is 2.91 bits per heavy atom. The molecule has 0 unspecified atom stereocenters. The van der Waals surface area contributed by atoms with Gasteiger partial charge in [-0.15, -0.1) is 0 Å². The number of para-hydroxylation sites is 1. The summed E-state index contributed by atoms with van der Waals surface area (Å²) >= 11 is 1.36. The fourth-order valence-corrected chi connectivity index (χ4v) is 3.23. The average Bonchev–Trinajstić information content (AvgIpc) is 3.08. The normalized spacial score (nSPS) is 11.0. The summed E-state index contributed by atoms with van der Waals surface area (Å²) in [6.45, 7) is 2.98. The van der Waals surface area contributed by atoms with Gasteiger partial charge in [0.05, 0.1) is 0 Å². The van der Waals surface area contributed by atoms with Crippen molar-refractivity contribution in [1.29, 1.82) is 0 Å². The fourth-order valence-electron chi connectivity index (χ4n) is 2.52. The largest absolute Gasteiger partial charge is 0.508 e. The second-order valence-corrected chi connectivity index (χ2v) is 5.99. The zero-order valence-corrected chi connectivity index (χ0v) is 13.4. The molecule has 0 saturated heterocycles. The van der Waals surface area contributed by atoms with Crippen molar-refractivity contribution in [3.63, 3.8) is 0 Å². The molecule has 0 saturated carbocycles. The molecule has 3 aromatic rings. The van der Waals surface area contributed by atoms with Crippen molar-refractivity contribution in [2.24, 2.45) is 0 Å². The van der Waals surface area contributed by atoms with Gasteiger partial charge in [0.15, 0.2) is 0 Å². The van der Waals surface area contributed by atoms with Crippen LogP contribution in [0.25, 0.3) is 4.96 Å². The van der Waals surface area contributed by atoms with E-state index in [1.54, 1.807) is 23.7 Å². The van der Waals surface area contributed by atoms with E-state index in [4.69, 9.17) is 0 Å². The fraction of sp³-hybridized carbons (Fsp3) is 0.267. The van der Waals surface area contributed by atoms with Gasteiger partial charge in [0, 0.05) is 24.0 Å². The van der Waals surface area contributed by atoms with Crippen molar-refractivity contribution in [2.45, 2.75) is 19.9 Å². The lowest BCUT2D eigenvalue weighted by molar-refractivity contribution is -0.389. The van der Waals surface area contributed by atoms with Crippen LogP contribution in [-0.2, 0) is 6.54 Å². The second-order valence-electron chi connectivity index (χ2n) is 5.12. The van der Waals surface area contributed by atoms with E-state index in [1.807, 2.05) is 24.0 Å². The van der Waals surface area contributed by atoms with Crippen LogP contribution in [0.1, 0.15) is 18.9 Å².